The van der Waals surface area contributed by atoms with Crippen LogP contribution in [0.5, 0.6) is 0 Å². The van der Waals surface area contributed by atoms with E-state index >= 15 is 0 Å². The van der Waals surface area contributed by atoms with E-state index in [4.69, 9.17) is 0 Å². The van der Waals surface area contributed by atoms with Crippen LogP contribution in [0.1, 0.15) is 45.2 Å². The summed E-state index contributed by atoms with van der Waals surface area (Å²) in [6.07, 6.45) is 3.21. The molecule has 0 spiro atoms. The Morgan fingerprint density at radius 1 is 1.21 bits per heavy atom. The van der Waals surface area contributed by atoms with E-state index in [1.54, 1.807) is 0 Å². The second-order valence-electron chi connectivity index (χ2n) is 6.31. The molecule has 1 aromatic carbocycles. The van der Waals surface area contributed by atoms with Crippen LogP contribution in [-0.2, 0) is 12.8 Å². The Morgan fingerprint density at radius 2 is 1.79 bits per heavy atom. The van der Waals surface area contributed by atoms with Gasteiger partial charge in [0.05, 0.1) is 0 Å². The van der Waals surface area contributed by atoms with E-state index in [-0.39, 0.29) is 5.54 Å². The Hall–Kier alpha value is -1.02. The van der Waals surface area contributed by atoms with Gasteiger partial charge in [-0.2, -0.15) is 0 Å². The first-order valence-electron chi connectivity index (χ1n) is 7.52. The van der Waals surface area contributed by atoms with E-state index in [2.05, 4.69) is 50.8 Å². The summed E-state index contributed by atoms with van der Waals surface area (Å²) in [6, 6.07) is 6.67. The SMILES string of the molecule is CCc1cccc(CC)c1N1CC(CO)CC1(C)C. The van der Waals surface area contributed by atoms with Gasteiger partial charge in [-0.25, -0.2) is 0 Å². The quantitative estimate of drug-likeness (QED) is 0.898. The number of aliphatic hydroxyl groups excluding tert-OH is 1. The third-order valence-corrected chi connectivity index (χ3v) is 4.45. The minimum atomic E-state index is 0.141. The molecule has 2 nitrogen and oxygen atoms in total. The van der Waals surface area contributed by atoms with E-state index in [1.807, 2.05) is 0 Å². The number of benzene rings is 1. The third-order valence-electron chi connectivity index (χ3n) is 4.45. The van der Waals surface area contributed by atoms with Gasteiger partial charge in [0.1, 0.15) is 0 Å². The summed E-state index contributed by atoms with van der Waals surface area (Å²) in [7, 11) is 0. The normalized spacial score (nSPS) is 21.9. The first-order valence-corrected chi connectivity index (χ1v) is 7.52. The topological polar surface area (TPSA) is 23.5 Å². The van der Waals surface area contributed by atoms with Crippen LogP contribution >= 0.6 is 0 Å². The number of aliphatic hydroxyl groups is 1. The molecule has 0 radical (unpaired) electrons. The van der Waals surface area contributed by atoms with Crippen molar-refractivity contribution < 1.29 is 5.11 Å². The summed E-state index contributed by atoms with van der Waals surface area (Å²) in [5, 5.41) is 9.49. The highest BCUT2D eigenvalue weighted by Gasteiger charge is 2.39. The molecule has 0 saturated carbocycles. The summed E-state index contributed by atoms with van der Waals surface area (Å²) in [5.41, 5.74) is 4.44. The maximum Gasteiger partial charge on any atom is 0.0477 e. The van der Waals surface area contributed by atoms with Crippen LogP contribution in [0, 0.1) is 5.92 Å². The second kappa shape index (κ2) is 5.54. The predicted molar refractivity (Wildman–Crippen MR) is 81.8 cm³/mol. The zero-order chi connectivity index (χ0) is 14.0. The van der Waals surface area contributed by atoms with Crippen molar-refractivity contribution in [3.8, 4) is 0 Å². The van der Waals surface area contributed by atoms with Crippen molar-refractivity contribution in [3.05, 3.63) is 29.3 Å². The molecule has 0 aromatic heterocycles. The third kappa shape index (κ3) is 2.64. The average Bonchev–Trinajstić information content (AvgIpc) is 2.72. The van der Waals surface area contributed by atoms with E-state index in [1.165, 1.54) is 16.8 Å². The molecule has 1 aliphatic rings. The minimum absolute atomic E-state index is 0.141. The Kier molecular flexibility index (Phi) is 4.19. The molecule has 1 heterocycles. The van der Waals surface area contributed by atoms with E-state index < -0.39 is 0 Å². The molecule has 1 aromatic rings. The highest BCUT2D eigenvalue weighted by molar-refractivity contribution is 5.62. The highest BCUT2D eigenvalue weighted by atomic mass is 16.3. The Labute approximate surface area is 117 Å². The fraction of sp³-hybridized carbons (Fsp3) is 0.647. The van der Waals surface area contributed by atoms with Crippen molar-refractivity contribution in [1.82, 2.24) is 0 Å². The molecule has 1 atom stereocenters. The molecule has 2 rings (SSSR count). The van der Waals surface area contributed by atoms with E-state index in [0.29, 0.717) is 12.5 Å². The highest BCUT2D eigenvalue weighted by Crippen LogP contribution is 2.40. The van der Waals surface area contributed by atoms with Gasteiger partial charge in [-0.15, -0.1) is 0 Å². The molecular formula is C17H27NO. The number of anilines is 1. The summed E-state index contributed by atoms with van der Waals surface area (Å²) in [6.45, 7) is 10.3. The lowest BCUT2D eigenvalue weighted by Crippen LogP contribution is -2.39. The van der Waals surface area contributed by atoms with Crippen molar-refractivity contribution in [2.24, 2.45) is 5.92 Å². The van der Waals surface area contributed by atoms with Gasteiger partial charge in [-0.3, -0.25) is 0 Å². The second-order valence-corrected chi connectivity index (χ2v) is 6.31. The van der Waals surface area contributed by atoms with Gasteiger partial charge >= 0.3 is 0 Å². The zero-order valence-corrected chi connectivity index (χ0v) is 12.7. The number of aryl methyl sites for hydroxylation is 2. The predicted octanol–water partition coefficient (Wildman–Crippen LogP) is 3.41. The first kappa shape index (κ1) is 14.4. The van der Waals surface area contributed by atoms with Crippen molar-refractivity contribution in [2.75, 3.05) is 18.1 Å². The molecule has 2 heteroatoms. The number of para-hydroxylation sites is 1. The molecule has 1 fully saturated rings. The molecule has 1 unspecified atom stereocenters. The van der Waals surface area contributed by atoms with Gasteiger partial charge in [-0.1, -0.05) is 32.0 Å². The van der Waals surface area contributed by atoms with Gasteiger partial charge in [0.25, 0.3) is 0 Å². The van der Waals surface area contributed by atoms with Crippen molar-refractivity contribution in [1.29, 1.82) is 0 Å². The van der Waals surface area contributed by atoms with Gasteiger partial charge in [-0.05, 0) is 44.2 Å². The molecule has 19 heavy (non-hydrogen) atoms. The van der Waals surface area contributed by atoms with Crippen LogP contribution in [-0.4, -0.2) is 23.8 Å². The molecule has 0 bridgehead atoms. The van der Waals surface area contributed by atoms with Crippen LogP contribution in [0.3, 0.4) is 0 Å². The van der Waals surface area contributed by atoms with Crippen molar-refractivity contribution >= 4 is 5.69 Å². The zero-order valence-electron chi connectivity index (χ0n) is 12.7. The van der Waals surface area contributed by atoms with Gasteiger partial charge in [0.15, 0.2) is 0 Å². The number of hydrogen-bond donors (Lipinski definition) is 1. The van der Waals surface area contributed by atoms with Gasteiger partial charge in [0.2, 0.25) is 0 Å². The first-order chi connectivity index (χ1) is 9.03. The monoisotopic (exact) mass is 261 g/mol. The lowest BCUT2D eigenvalue weighted by molar-refractivity contribution is 0.232. The number of nitrogens with zero attached hydrogens (tertiary/aromatic N) is 1. The largest absolute Gasteiger partial charge is 0.396 e. The molecule has 106 valence electrons. The summed E-state index contributed by atoms with van der Waals surface area (Å²) in [5.74, 6) is 0.407. The number of rotatable bonds is 4. The molecule has 0 amide bonds. The number of hydrogen-bond acceptors (Lipinski definition) is 2. The molecule has 0 aliphatic carbocycles. The Bertz CT molecular complexity index is 417. The summed E-state index contributed by atoms with van der Waals surface area (Å²) in [4.78, 5) is 2.53. The smallest absolute Gasteiger partial charge is 0.0477 e. The molecule has 1 saturated heterocycles. The van der Waals surface area contributed by atoms with Crippen LogP contribution in [0.15, 0.2) is 18.2 Å². The van der Waals surface area contributed by atoms with Crippen LogP contribution in [0.4, 0.5) is 5.69 Å². The van der Waals surface area contributed by atoms with Crippen molar-refractivity contribution in [3.63, 3.8) is 0 Å². The molecule has 1 N–H and O–H groups in total. The summed E-state index contributed by atoms with van der Waals surface area (Å²) < 4.78 is 0. The summed E-state index contributed by atoms with van der Waals surface area (Å²) >= 11 is 0. The lowest BCUT2D eigenvalue weighted by Gasteiger charge is -2.36. The fourth-order valence-corrected chi connectivity index (χ4v) is 3.46. The van der Waals surface area contributed by atoms with E-state index in [0.717, 1.165) is 25.8 Å². The van der Waals surface area contributed by atoms with Crippen LogP contribution < -0.4 is 4.90 Å². The van der Waals surface area contributed by atoms with Crippen molar-refractivity contribution in [2.45, 2.75) is 52.5 Å². The standard InChI is InChI=1S/C17H27NO/c1-5-14-8-7-9-15(6-2)16(14)18-11-13(12-19)10-17(18,3)4/h7-9,13,19H,5-6,10-12H2,1-4H3. The van der Waals surface area contributed by atoms with Gasteiger partial charge < -0.3 is 10.0 Å². The van der Waals surface area contributed by atoms with Gasteiger partial charge in [0, 0.05) is 30.3 Å². The average molecular weight is 261 g/mol. The maximum atomic E-state index is 9.49. The Morgan fingerprint density at radius 3 is 2.21 bits per heavy atom. The molecular weight excluding hydrogens is 234 g/mol. The van der Waals surface area contributed by atoms with Crippen LogP contribution in [0.2, 0.25) is 0 Å². The Balaban J connectivity index is 2.46. The lowest BCUT2D eigenvalue weighted by atomic mass is 9.95. The minimum Gasteiger partial charge on any atom is -0.396 e. The maximum absolute atomic E-state index is 9.49. The van der Waals surface area contributed by atoms with E-state index in [9.17, 15) is 5.11 Å². The molecule has 1 aliphatic heterocycles. The fourth-order valence-electron chi connectivity index (χ4n) is 3.46. The van der Waals surface area contributed by atoms with Crippen LogP contribution in [0.25, 0.3) is 0 Å².